The topological polar surface area (TPSA) is 71.2 Å². The quantitative estimate of drug-likeness (QED) is 0.715. The van der Waals surface area contributed by atoms with Crippen molar-refractivity contribution in [2.45, 2.75) is 12.8 Å². The van der Waals surface area contributed by atoms with E-state index < -0.39 is 0 Å². The number of carbonyl (C=O) groups is 1. The van der Waals surface area contributed by atoms with Gasteiger partial charge in [-0.05, 0) is 47.7 Å². The Morgan fingerprint density at radius 1 is 1.19 bits per heavy atom. The number of ether oxygens (including phenoxy) is 1. The molecule has 1 amide bonds. The first kappa shape index (κ1) is 17.7. The van der Waals surface area contributed by atoms with Crippen LogP contribution in [0.4, 0.5) is 4.39 Å². The van der Waals surface area contributed by atoms with Crippen LogP contribution in [0.1, 0.15) is 11.1 Å². The predicted molar refractivity (Wildman–Crippen MR) is 97.9 cm³/mol. The molecule has 1 heterocycles. The van der Waals surface area contributed by atoms with Crippen LogP contribution < -0.4 is 15.6 Å². The summed E-state index contributed by atoms with van der Waals surface area (Å²) in [6.45, 7) is 0.332. The van der Waals surface area contributed by atoms with Crippen LogP contribution in [0.2, 0.25) is 0 Å². The molecule has 0 unspecified atom stereocenters. The molecule has 0 spiro atoms. The Bertz CT molecular complexity index is 998. The van der Waals surface area contributed by atoms with E-state index >= 15 is 0 Å². The highest BCUT2D eigenvalue weighted by Crippen LogP contribution is 2.18. The van der Waals surface area contributed by atoms with Crippen molar-refractivity contribution in [3.05, 3.63) is 75.8 Å². The van der Waals surface area contributed by atoms with Crippen LogP contribution >= 0.6 is 0 Å². The van der Waals surface area contributed by atoms with Crippen LogP contribution in [0.5, 0.6) is 5.75 Å². The number of pyridine rings is 1. The number of aromatic amines is 1. The van der Waals surface area contributed by atoms with Crippen molar-refractivity contribution in [1.82, 2.24) is 10.3 Å². The fourth-order valence-corrected chi connectivity index (χ4v) is 2.77. The molecule has 2 aromatic carbocycles. The van der Waals surface area contributed by atoms with Gasteiger partial charge in [0.25, 0.3) is 5.56 Å². The molecule has 0 atom stereocenters. The normalized spacial score (nSPS) is 10.7. The van der Waals surface area contributed by atoms with Crippen molar-refractivity contribution in [2.75, 3.05) is 13.7 Å². The number of fused-ring (bicyclic) bond motifs is 1. The third-order valence-corrected chi connectivity index (χ3v) is 4.10. The largest absolute Gasteiger partial charge is 0.497 e. The van der Waals surface area contributed by atoms with Crippen LogP contribution in [0, 0.1) is 5.82 Å². The molecule has 3 aromatic rings. The van der Waals surface area contributed by atoms with E-state index in [4.69, 9.17) is 4.74 Å². The SMILES string of the molecule is COc1ccc2cc(CCNC(=O)Cc3cccc(F)c3)c(=O)[nH]c2c1. The number of H-pyrrole nitrogens is 1. The second kappa shape index (κ2) is 7.82. The molecule has 134 valence electrons. The summed E-state index contributed by atoms with van der Waals surface area (Å²) >= 11 is 0. The highest BCUT2D eigenvalue weighted by atomic mass is 19.1. The molecular weight excluding hydrogens is 335 g/mol. The van der Waals surface area contributed by atoms with Gasteiger partial charge in [0.05, 0.1) is 19.0 Å². The fourth-order valence-electron chi connectivity index (χ4n) is 2.77. The summed E-state index contributed by atoms with van der Waals surface area (Å²) in [6, 6.07) is 13.2. The number of carbonyl (C=O) groups excluding carboxylic acids is 1. The molecule has 0 saturated heterocycles. The molecule has 3 rings (SSSR count). The minimum atomic E-state index is -0.366. The first-order valence-electron chi connectivity index (χ1n) is 8.26. The molecule has 0 bridgehead atoms. The van der Waals surface area contributed by atoms with Gasteiger partial charge in [-0.15, -0.1) is 0 Å². The Labute approximate surface area is 149 Å². The van der Waals surface area contributed by atoms with E-state index in [9.17, 15) is 14.0 Å². The number of aromatic nitrogens is 1. The second-order valence-corrected chi connectivity index (χ2v) is 5.98. The lowest BCUT2D eigenvalue weighted by Crippen LogP contribution is -2.28. The van der Waals surface area contributed by atoms with Gasteiger partial charge in [0.2, 0.25) is 5.91 Å². The van der Waals surface area contributed by atoms with Gasteiger partial charge in [-0.3, -0.25) is 9.59 Å². The third kappa shape index (κ3) is 4.27. The maximum atomic E-state index is 13.1. The van der Waals surface area contributed by atoms with Crippen LogP contribution in [0.25, 0.3) is 10.9 Å². The molecule has 6 heteroatoms. The van der Waals surface area contributed by atoms with Crippen molar-refractivity contribution < 1.29 is 13.9 Å². The van der Waals surface area contributed by atoms with E-state index in [1.165, 1.54) is 12.1 Å². The smallest absolute Gasteiger partial charge is 0.251 e. The Balaban J connectivity index is 1.61. The summed E-state index contributed by atoms with van der Waals surface area (Å²) in [5.74, 6) is 0.0951. The molecule has 0 radical (unpaired) electrons. The van der Waals surface area contributed by atoms with Gasteiger partial charge in [-0.1, -0.05) is 12.1 Å². The highest BCUT2D eigenvalue weighted by Gasteiger charge is 2.07. The fraction of sp³-hybridized carbons (Fsp3) is 0.200. The molecule has 2 N–H and O–H groups in total. The molecule has 0 saturated carbocycles. The maximum Gasteiger partial charge on any atom is 0.251 e. The molecule has 0 aliphatic heterocycles. The molecular formula is C20H19FN2O3. The molecule has 5 nitrogen and oxygen atoms in total. The predicted octanol–water partition coefficient (Wildman–Crippen LogP) is 2.58. The van der Waals surface area contributed by atoms with Crippen molar-refractivity contribution in [3.63, 3.8) is 0 Å². The number of rotatable bonds is 6. The molecule has 26 heavy (non-hydrogen) atoms. The first-order chi connectivity index (χ1) is 12.5. The van der Waals surface area contributed by atoms with Gasteiger partial charge in [0.1, 0.15) is 11.6 Å². The zero-order valence-electron chi connectivity index (χ0n) is 14.3. The van der Waals surface area contributed by atoms with E-state index in [2.05, 4.69) is 10.3 Å². The minimum Gasteiger partial charge on any atom is -0.497 e. The Morgan fingerprint density at radius 2 is 2.04 bits per heavy atom. The summed E-state index contributed by atoms with van der Waals surface area (Å²) in [6.07, 6.45) is 0.512. The van der Waals surface area contributed by atoms with Crippen molar-refractivity contribution in [2.24, 2.45) is 0 Å². The number of amides is 1. The number of methoxy groups -OCH3 is 1. The Hall–Kier alpha value is -3.15. The van der Waals surface area contributed by atoms with Crippen LogP contribution in [0.15, 0.2) is 53.3 Å². The average Bonchev–Trinajstić information content (AvgIpc) is 2.61. The number of halogens is 1. The Kier molecular flexibility index (Phi) is 5.31. The summed E-state index contributed by atoms with van der Waals surface area (Å²) in [4.78, 5) is 27.0. The van der Waals surface area contributed by atoms with Crippen molar-refractivity contribution in [3.8, 4) is 5.75 Å². The van der Waals surface area contributed by atoms with Gasteiger partial charge in [0.15, 0.2) is 0 Å². The van der Waals surface area contributed by atoms with Crippen LogP contribution in [-0.4, -0.2) is 24.5 Å². The van der Waals surface area contributed by atoms with Crippen LogP contribution in [0.3, 0.4) is 0 Å². The van der Waals surface area contributed by atoms with Crippen molar-refractivity contribution in [1.29, 1.82) is 0 Å². The zero-order chi connectivity index (χ0) is 18.5. The van der Waals surface area contributed by atoms with Gasteiger partial charge in [-0.2, -0.15) is 0 Å². The molecule has 0 fully saturated rings. The molecule has 0 aliphatic carbocycles. The second-order valence-electron chi connectivity index (χ2n) is 5.98. The molecule has 1 aromatic heterocycles. The van der Waals surface area contributed by atoms with Gasteiger partial charge in [-0.25, -0.2) is 4.39 Å². The van der Waals surface area contributed by atoms with Gasteiger partial charge >= 0.3 is 0 Å². The maximum absolute atomic E-state index is 13.1. The minimum absolute atomic E-state index is 0.103. The number of hydrogen-bond acceptors (Lipinski definition) is 3. The average molecular weight is 354 g/mol. The zero-order valence-corrected chi connectivity index (χ0v) is 14.3. The lowest BCUT2D eigenvalue weighted by molar-refractivity contribution is -0.120. The van der Waals surface area contributed by atoms with Gasteiger partial charge in [0, 0.05) is 18.2 Å². The van der Waals surface area contributed by atoms with Crippen molar-refractivity contribution >= 4 is 16.8 Å². The van der Waals surface area contributed by atoms with E-state index in [1.54, 1.807) is 25.3 Å². The first-order valence-corrected chi connectivity index (χ1v) is 8.26. The van der Waals surface area contributed by atoms with E-state index in [-0.39, 0.29) is 23.7 Å². The third-order valence-electron chi connectivity index (χ3n) is 4.10. The summed E-state index contributed by atoms with van der Waals surface area (Å²) in [7, 11) is 1.57. The highest BCUT2D eigenvalue weighted by molar-refractivity contribution is 5.80. The summed E-state index contributed by atoms with van der Waals surface area (Å²) in [5.41, 5.74) is 1.71. The van der Waals surface area contributed by atoms with E-state index in [1.807, 2.05) is 18.2 Å². The van der Waals surface area contributed by atoms with Gasteiger partial charge < -0.3 is 15.0 Å². The monoisotopic (exact) mass is 354 g/mol. The lowest BCUT2D eigenvalue weighted by atomic mass is 10.1. The Morgan fingerprint density at radius 3 is 2.81 bits per heavy atom. The van der Waals surface area contributed by atoms with Crippen LogP contribution in [-0.2, 0) is 17.6 Å². The standard InChI is InChI=1S/C20H19FN2O3/c1-26-17-6-5-14-11-15(20(25)23-18(14)12-17)7-8-22-19(24)10-13-3-2-4-16(21)9-13/h2-6,9,11-12H,7-8,10H2,1H3,(H,22,24)(H,23,25). The number of nitrogens with one attached hydrogen (secondary N) is 2. The van der Waals surface area contributed by atoms with E-state index in [0.29, 0.717) is 35.4 Å². The summed E-state index contributed by atoms with van der Waals surface area (Å²) in [5, 5.41) is 3.65. The lowest BCUT2D eigenvalue weighted by Gasteiger charge is -2.07. The number of benzene rings is 2. The van der Waals surface area contributed by atoms with E-state index in [0.717, 1.165) is 5.39 Å². The molecule has 0 aliphatic rings. The number of hydrogen-bond donors (Lipinski definition) is 2. The summed E-state index contributed by atoms with van der Waals surface area (Å²) < 4.78 is 18.3.